The van der Waals surface area contributed by atoms with Gasteiger partial charge in [0.1, 0.15) is 5.75 Å². The SMILES string of the molecule is Cc1c(C(=O)C(N)=O)c2c(OCC(=O)O)cccc2n1Cc1ccccc1.[Na]. The molecule has 1 amide bonds. The summed E-state index contributed by atoms with van der Waals surface area (Å²) in [6.07, 6.45) is 0. The van der Waals surface area contributed by atoms with Gasteiger partial charge in [-0.15, -0.1) is 0 Å². The number of nitrogens with zero attached hydrogens (tertiary/aromatic N) is 1. The fraction of sp³-hybridized carbons (Fsp3) is 0.150. The first-order valence-corrected chi connectivity index (χ1v) is 8.24. The summed E-state index contributed by atoms with van der Waals surface area (Å²) in [5.74, 6) is -2.84. The van der Waals surface area contributed by atoms with Crippen molar-refractivity contribution in [3.8, 4) is 5.75 Å². The summed E-state index contributed by atoms with van der Waals surface area (Å²) in [5.41, 5.74) is 7.59. The van der Waals surface area contributed by atoms with Gasteiger partial charge in [0, 0.05) is 41.8 Å². The van der Waals surface area contributed by atoms with Gasteiger partial charge in [-0.05, 0) is 24.6 Å². The molecule has 0 aliphatic rings. The van der Waals surface area contributed by atoms with E-state index in [1.54, 1.807) is 25.1 Å². The number of carboxylic acids is 1. The average molecular weight is 389 g/mol. The van der Waals surface area contributed by atoms with E-state index < -0.39 is 24.3 Å². The number of aliphatic carboxylic acids is 1. The van der Waals surface area contributed by atoms with E-state index in [1.165, 1.54) is 0 Å². The second-order valence-corrected chi connectivity index (χ2v) is 6.06. The predicted octanol–water partition coefficient (Wildman–Crippen LogP) is 1.75. The zero-order valence-corrected chi connectivity index (χ0v) is 17.6. The Balaban J connectivity index is 0.00000280. The summed E-state index contributed by atoms with van der Waals surface area (Å²) >= 11 is 0. The zero-order valence-electron chi connectivity index (χ0n) is 15.6. The molecule has 3 aromatic rings. The molecule has 0 saturated heterocycles. The molecule has 0 atom stereocenters. The molecule has 0 bridgehead atoms. The summed E-state index contributed by atoms with van der Waals surface area (Å²) in [6.45, 7) is 1.63. The van der Waals surface area contributed by atoms with Gasteiger partial charge in [-0.1, -0.05) is 36.4 Å². The van der Waals surface area contributed by atoms with Gasteiger partial charge in [-0.25, -0.2) is 4.79 Å². The first-order valence-electron chi connectivity index (χ1n) is 8.24. The van der Waals surface area contributed by atoms with Crippen LogP contribution in [-0.4, -0.2) is 63.5 Å². The van der Waals surface area contributed by atoms with E-state index in [4.69, 9.17) is 15.6 Å². The topological polar surface area (TPSA) is 112 Å². The van der Waals surface area contributed by atoms with Gasteiger partial charge in [0.2, 0.25) is 0 Å². The number of amides is 1. The van der Waals surface area contributed by atoms with E-state index >= 15 is 0 Å². The van der Waals surface area contributed by atoms with Crippen LogP contribution < -0.4 is 10.5 Å². The van der Waals surface area contributed by atoms with Crippen molar-refractivity contribution < 1.29 is 24.2 Å². The van der Waals surface area contributed by atoms with Crippen molar-refractivity contribution in [1.29, 1.82) is 0 Å². The van der Waals surface area contributed by atoms with Gasteiger partial charge < -0.3 is 20.1 Å². The van der Waals surface area contributed by atoms with Crippen molar-refractivity contribution in [2.45, 2.75) is 13.5 Å². The van der Waals surface area contributed by atoms with Crippen molar-refractivity contribution >= 4 is 58.1 Å². The first-order chi connectivity index (χ1) is 12.9. The minimum absolute atomic E-state index is 0. The second kappa shape index (κ2) is 9.05. The number of carbonyl (C=O) groups is 3. The van der Waals surface area contributed by atoms with Crippen molar-refractivity contribution in [3.05, 3.63) is 65.4 Å². The third-order valence-electron chi connectivity index (χ3n) is 4.30. The van der Waals surface area contributed by atoms with Crippen LogP contribution >= 0.6 is 0 Å². The van der Waals surface area contributed by atoms with Crippen LogP contribution in [0.15, 0.2) is 48.5 Å². The number of rotatable bonds is 7. The van der Waals surface area contributed by atoms with E-state index in [2.05, 4.69) is 0 Å². The molecule has 1 heterocycles. The van der Waals surface area contributed by atoms with Crippen LogP contribution in [0.25, 0.3) is 10.9 Å². The van der Waals surface area contributed by atoms with E-state index in [1.807, 2.05) is 34.9 Å². The summed E-state index contributed by atoms with van der Waals surface area (Å²) < 4.78 is 7.24. The Morgan fingerprint density at radius 2 is 1.75 bits per heavy atom. The number of nitrogens with two attached hydrogens (primary N) is 1. The van der Waals surface area contributed by atoms with Crippen LogP contribution in [0.5, 0.6) is 5.75 Å². The Labute approximate surface area is 183 Å². The van der Waals surface area contributed by atoms with Crippen LogP contribution in [0, 0.1) is 6.92 Å². The maximum Gasteiger partial charge on any atom is 0.341 e. The Kier molecular flexibility index (Phi) is 7.01. The molecule has 3 N–H and O–H groups in total. The fourth-order valence-corrected chi connectivity index (χ4v) is 3.12. The monoisotopic (exact) mass is 389 g/mol. The molecular weight excluding hydrogens is 371 g/mol. The number of fused-ring (bicyclic) bond motifs is 1. The molecule has 8 heteroatoms. The Bertz CT molecular complexity index is 1040. The van der Waals surface area contributed by atoms with Crippen LogP contribution in [0.3, 0.4) is 0 Å². The molecule has 7 nitrogen and oxygen atoms in total. The summed E-state index contributed by atoms with van der Waals surface area (Å²) in [6, 6.07) is 14.7. The molecule has 0 fully saturated rings. The molecule has 1 radical (unpaired) electrons. The van der Waals surface area contributed by atoms with E-state index in [0.29, 0.717) is 23.1 Å². The molecule has 1 aromatic heterocycles. The number of carboxylic acid groups (broad SMARTS) is 1. The Hall–Kier alpha value is -2.61. The van der Waals surface area contributed by atoms with E-state index in [9.17, 15) is 14.4 Å². The third-order valence-corrected chi connectivity index (χ3v) is 4.30. The molecular formula is C20H18N2NaO5. The number of primary amides is 1. The minimum atomic E-state index is -1.14. The van der Waals surface area contributed by atoms with Crippen LogP contribution in [0.2, 0.25) is 0 Å². The predicted molar refractivity (Wildman–Crippen MR) is 105 cm³/mol. The number of hydrogen-bond acceptors (Lipinski definition) is 4. The van der Waals surface area contributed by atoms with Gasteiger partial charge in [-0.3, -0.25) is 9.59 Å². The average Bonchev–Trinajstić information content (AvgIpc) is 2.92. The summed E-state index contributed by atoms with van der Waals surface area (Å²) in [5, 5.41) is 9.28. The van der Waals surface area contributed by atoms with Crippen LogP contribution in [-0.2, 0) is 16.1 Å². The first kappa shape index (κ1) is 21.7. The van der Waals surface area contributed by atoms with Crippen molar-refractivity contribution in [1.82, 2.24) is 4.57 Å². The van der Waals surface area contributed by atoms with Crippen LogP contribution in [0.4, 0.5) is 0 Å². The minimum Gasteiger partial charge on any atom is -0.481 e. The molecule has 28 heavy (non-hydrogen) atoms. The largest absolute Gasteiger partial charge is 0.481 e. The summed E-state index contributed by atoms with van der Waals surface area (Å²) in [4.78, 5) is 34.9. The van der Waals surface area contributed by atoms with Gasteiger partial charge >= 0.3 is 5.97 Å². The maximum atomic E-state index is 12.5. The Morgan fingerprint density at radius 3 is 2.36 bits per heavy atom. The van der Waals surface area contributed by atoms with Gasteiger partial charge in [0.15, 0.2) is 6.61 Å². The molecule has 0 spiro atoms. The Morgan fingerprint density at radius 1 is 1.07 bits per heavy atom. The van der Waals surface area contributed by atoms with E-state index in [-0.39, 0.29) is 40.9 Å². The van der Waals surface area contributed by atoms with Crippen molar-refractivity contribution in [3.63, 3.8) is 0 Å². The van der Waals surface area contributed by atoms with Gasteiger partial charge in [-0.2, -0.15) is 0 Å². The quantitative estimate of drug-likeness (QED) is 0.363. The van der Waals surface area contributed by atoms with Crippen LogP contribution in [0.1, 0.15) is 21.6 Å². The number of hydrogen-bond donors (Lipinski definition) is 2. The molecule has 0 unspecified atom stereocenters. The zero-order chi connectivity index (χ0) is 19.6. The molecule has 0 aliphatic heterocycles. The normalized spacial score (nSPS) is 10.3. The summed E-state index contributed by atoms with van der Waals surface area (Å²) in [7, 11) is 0. The molecule has 139 valence electrons. The van der Waals surface area contributed by atoms with Gasteiger partial charge in [0.25, 0.3) is 11.7 Å². The molecule has 2 aromatic carbocycles. The number of Topliss-reactive ketones (excluding diaryl/α,β-unsaturated/α-hetero) is 1. The van der Waals surface area contributed by atoms with Gasteiger partial charge in [0.05, 0.1) is 16.5 Å². The molecule has 3 rings (SSSR count). The smallest absolute Gasteiger partial charge is 0.341 e. The molecule has 0 aliphatic carbocycles. The number of ketones is 1. The number of ether oxygens (including phenoxy) is 1. The van der Waals surface area contributed by atoms with Crippen molar-refractivity contribution in [2.75, 3.05) is 6.61 Å². The number of benzene rings is 2. The number of aromatic nitrogens is 1. The standard InChI is InChI=1S/C20H18N2O5.Na/c1-12-17(19(25)20(21)26)18-14(8-5-9-15(18)27-11-16(23)24)22(12)10-13-6-3-2-4-7-13;/h2-9H,10-11H2,1H3,(H2,21,26)(H,23,24);. The fourth-order valence-electron chi connectivity index (χ4n) is 3.12. The maximum absolute atomic E-state index is 12.5. The van der Waals surface area contributed by atoms with E-state index in [0.717, 1.165) is 5.56 Å². The number of carbonyl (C=O) groups excluding carboxylic acids is 2. The van der Waals surface area contributed by atoms with Crippen molar-refractivity contribution in [2.24, 2.45) is 5.73 Å². The second-order valence-electron chi connectivity index (χ2n) is 6.06. The third kappa shape index (κ3) is 4.27. The molecule has 0 saturated carbocycles.